The Kier molecular flexibility index (Phi) is 22.3. The van der Waals surface area contributed by atoms with Crippen molar-refractivity contribution in [3.05, 3.63) is 71.5 Å². The summed E-state index contributed by atoms with van der Waals surface area (Å²) in [6, 6.07) is 11.2. The van der Waals surface area contributed by atoms with Crippen LogP contribution in [0.5, 0.6) is 0 Å². The number of benzene rings is 2. The van der Waals surface area contributed by atoms with E-state index in [0.29, 0.717) is 24.8 Å². The molecule has 0 saturated heterocycles. The first-order valence-electron chi connectivity index (χ1n) is 22.8. The number of urea groups is 1. The molecule has 0 aliphatic heterocycles. The largest absolute Gasteiger partial charge is 0.460 e. The summed E-state index contributed by atoms with van der Waals surface area (Å²) >= 11 is 0. The molecule has 0 heterocycles. The van der Waals surface area contributed by atoms with Gasteiger partial charge in [-0.1, -0.05) is 63.2 Å². The number of carbonyl (C=O) groups excluding carboxylic acids is 7. The summed E-state index contributed by atoms with van der Waals surface area (Å²) in [4.78, 5) is 92.7. The van der Waals surface area contributed by atoms with Crippen molar-refractivity contribution < 1.29 is 56.9 Å². The molecule has 2 aromatic rings. The number of hydrogen-bond acceptors (Lipinski definition) is 11. The lowest BCUT2D eigenvalue weighted by molar-refractivity contribution is -0.158. The van der Waals surface area contributed by atoms with Gasteiger partial charge in [0.05, 0.1) is 6.04 Å². The Morgan fingerprint density at radius 1 is 0.606 bits per heavy atom. The van der Waals surface area contributed by atoms with E-state index < -0.39 is 93.8 Å². The SMILES string of the molecule is CC(C)(C)OC(=O)CC[C@H](CC(=O)[C@H](Cc1ccc(F)cc1)NC(=O)OCc1ccccc1)C(=O)NCCCC[C@H](NC(=O)N[C@@H](CCC(=O)OC(C)(C)C)C(C)(C)C)C(=O)OC(C)(C)C. The number of unbranched alkanes of at least 4 members (excludes halogenated alkanes) is 1. The summed E-state index contributed by atoms with van der Waals surface area (Å²) in [6.07, 6.45) is -0.173. The van der Waals surface area contributed by atoms with Crippen molar-refractivity contribution in [1.29, 1.82) is 0 Å². The number of Topliss-reactive ketones (excluding diaryl/α,β-unsaturated/α-hetero) is 1. The monoisotopic (exact) mass is 927 g/mol. The number of ether oxygens (including phenoxy) is 4. The van der Waals surface area contributed by atoms with Gasteiger partial charge in [-0.25, -0.2) is 18.8 Å². The molecule has 0 spiro atoms. The molecule has 0 aliphatic rings. The van der Waals surface area contributed by atoms with Gasteiger partial charge >= 0.3 is 30.0 Å². The summed E-state index contributed by atoms with van der Waals surface area (Å²) in [5, 5.41) is 11.1. The van der Waals surface area contributed by atoms with Crippen LogP contribution < -0.4 is 21.3 Å². The number of amides is 4. The van der Waals surface area contributed by atoms with E-state index >= 15 is 0 Å². The zero-order valence-corrected chi connectivity index (χ0v) is 41.2. The lowest BCUT2D eigenvalue weighted by Crippen LogP contribution is -2.53. The van der Waals surface area contributed by atoms with Crippen molar-refractivity contribution in [3.8, 4) is 0 Å². The number of alkyl carbamates (subject to hydrolysis) is 1. The molecular formula is C50H75FN4O11. The lowest BCUT2D eigenvalue weighted by atomic mass is 9.84. The normalized spacial score (nSPS) is 13.8. The number of hydrogen-bond donors (Lipinski definition) is 4. The minimum atomic E-state index is -1.16. The van der Waals surface area contributed by atoms with Crippen LogP contribution in [-0.2, 0) is 55.9 Å². The fraction of sp³-hybridized carbons (Fsp3) is 0.620. The van der Waals surface area contributed by atoms with E-state index in [4.69, 9.17) is 18.9 Å². The van der Waals surface area contributed by atoms with Crippen molar-refractivity contribution in [2.24, 2.45) is 11.3 Å². The van der Waals surface area contributed by atoms with Gasteiger partial charge in [0.15, 0.2) is 5.78 Å². The van der Waals surface area contributed by atoms with Crippen LogP contribution in [0, 0.1) is 17.2 Å². The van der Waals surface area contributed by atoms with Gasteiger partial charge in [0.25, 0.3) is 0 Å². The molecule has 2 rings (SSSR count). The number of ketones is 1. The Balaban J connectivity index is 2.18. The highest BCUT2D eigenvalue weighted by Gasteiger charge is 2.32. The molecule has 0 aromatic heterocycles. The topological polar surface area (TPSA) is 205 Å². The first kappa shape index (κ1) is 56.6. The first-order valence-corrected chi connectivity index (χ1v) is 22.8. The highest BCUT2D eigenvalue weighted by molar-refractivity contribution is 5.92. The van der Waals surface area contributed by atoms with Crippen LogP contribution >= 0.6 is 0 Å². The van der Waals surface area contributed by atoms with Crippen LogP contribution in [0.3, 0.4) is 0 Å². The second kappa shape index (κ2) is 26.0. The summed E-state index contributed by atoms with van der Waals surface area (Å²) in [7, 11) is 0. The molecule has 2 aromatic carbocycles. The van der Waals surface area contributed by atoms with E-state index in [0.717, 1.165) is 5.56 Å². The van der Waals surface area contributed by atoms with Gasteiger partial charge in [-0.2, -0.15) is 0 Å². The predicted octanol–water partition coefficient (Wildman–Crippen LogP) is 8.19. The third kappa shape index (κ3) is 24.7. The molecule has 0 unspecified atom stereocenters. The number of nitrogens with one attached hydrogen (secondary N) is 4. The zero-order chi connectivity index (χ0) is 49.9. The van der Waals surface area contributed by atoms with Gasteiger partial charge < -0.3 is 40.2 Å². The Labute approximate surface area is 390 Å². The van der Waals surface area contributed by atoms with Crippen LogP contribution in [0.1, 0.15) is 146 Å². The predicted molar refractivity (Wildman–Crippen MR) is 248 cm³/mol. The average molecular weight is 927 g/mol. The Hall–Kier alpha value is -5.54. The first-order chi connectivity index (χ1) is 30.5. The highest BCUT2D eigenvalue weighted by atomic mass is 19.1. The van der Waals surface area contributed by atoms with Crippen molar-refractivity contribution in [1.82, 2.24) is 21.3 Å². The molecule has 0 saturated carbocycles. The summed E-state index contributed by atoms with van der Waals surface area (Å²) in [5.74, 6) is -4.09. The van der Waals surface area contributed by atoms with Gasteiger partial charge in [-0.3, -0.25) is 19.2 Å². The minimum Gasteiger partial charge on any atom is -0.460 e. The van der Waals surface area contributed by atoms with E-state index in [1.54, 1.807) is 86.6 Å². The van der Waals surface area contributed by atoms with Crippen molar-refractivity contribution in [2.75, 3.05) is 6.54 Å². The Morgan fingerprint density at radius 2 is 1.17 bits per heavy atom. The van der Waals surface area contributed by atoms with Gasteiger partial charge in [-0.05, 0) is 130 Å². The number of carbonyl (C=O) groups is 7. The maximum atomic E-state index is 14.0. The van der Waals surface area contributed by atoms with Crippen LogP contribution in [0.25, 0.3) is 0 Å². The fourth-order valence-corrected chi connectivity index (χ4v) is 6.59. The number of rotatable bonds is 23. The van der Waals surface area contributed by atoms with Crippen molar-refractivity contribution in [2.45, 2.75) is 182 Å². The molecule has 4 atom stereocenters. The lowest BCUT2D eigenvalue weighted by Gasteiger charge is -2.32. The maximum Gasteiger partial charge on any atom is 0.408 e. The van der Waals surface area contributed by atoms with Crippen molar-refractivity contribution >= 4 is 41.7 Å². The van der Waals surface area contributed by atoms with Crippen LogP contribution in [0.4, 0.5) is 14.0 Å². The van der Waals surface area contributed by atoms with E-state index in [1.807, 2.05) is 26.8 Å². The Bertz CT molecular complexity index is 1900. The average Bonchev–Trinajstić information content (AvgIpc) is 3.18. The number of halogens is 1. The molecular weight excluding hydrogens is 852 g/mol. The molecule has 66 heavy (non-hydrogen) atoms. The van der Waals surface area contributed by atoms with Gasteiger partial charge in [0.1, 0.15) is 35.3 Å². The minimum absolute atomic E-state index is 0.0201. The molecule has 368 valence electrons. The van der Waals surface area contributed by atoms with Crippen LogP contribution in [-0.4, -0.2) is 83.2 Å². The smallest absolute Gasteiger partial charge is 0.408 e. The van der Waals surface area contributed by atoms with Gasteiger partial charge in [0.2, 0.25) is 5.91 Å². The third-order valence-corrected chi connectivity index (χ3v) is 9.81. The van der Waals surface area contributed by atoms with E-state index in [2.05, 4.69) is 21.3 Å². The third-order valence-electron chi connectivity index (χ3n) is 9.81. The van der Waals surface area contributed by atoms with E-state index in [9.17, 15) is 38.0 Å². The fourth-order valence-electron chi connectivity index (χ4n) is 6.59. The molecule has 16 heteroatoms. The van der Waals surface area contributed by atoms with Gasteiger partial charge in [-0.15, -0.1) is 0 Å². The second-order valence-corrected chi connectivity index (χ2v) is 20.6. The maximum absolute atomic E-state index is 14.0. The summed E-state index contributed by atoms with van der Waals surface area (Å²) in [5.41, 5.74) is -1.43. The summed E-state index contributed by atoms with van der Waals surface area (Å²) in [6.45, 7) is 21.5. The molecule has 0 bridgehead atoms. The Morgan fingerprint density at radius 3 is 1.71 bits per heavy atom. The van der Waals surface area contributed by atoms with Crippen LogP contribution in [0.2, 0.25) is 0 Å². The van der Waals surface area contributed by atoms with Crippen molar-refractivity contribution in [3.63, 3.8) is 0 Å². The molecule has 0 aliphatic carbocycles. The van der Waals surface area contributed by atoms with Gasteiger partial charge in [0, 0.05) is 37.8 Å². The van der Waals surface area contributed by atoms with Crippen LogP contribution in [0.15, 0.2) is 54.6 Å². The summed E-state index contributed by atoms with van der Waals surface area (Å²) < 4.78 is 35.7. The molecule has 4 amide bonds. The second-order valence-electron chi connectivity index (χ2n) is 20.6. The highest BCUT2D eigenvalue weighted by Crippen LogP contribution is 2.24. The zero-order valence-electron chi connectivity index (χ0n) is 41.2. The van der Waals surface area contributed by atoms with E-state index in [-0.39, 0.29) is 51.7 Å². The molecule has 0 radical (unpaired) electrons. The molecule has 15 nitrogen and oxygen atoms in total. The quantitative estimate of drug-likeness (QED) is 0.0475. The molecule has 4 N–H and O–H groups in total. The van der Waals surface area contributed by atoms with E-state index in [1.165, 1.54) is 24.3 Å². The number of esters is 3. The molecule has 0 fully saturated rings. The standard InChI is InChI=1S/C50H75FN4O11/c1-47(2,3)40(26-28-42(58)65-49(7,8)9)55-45(61)53-37(44(60)66-50(10,11)12)20-16-17-29-52-43(59)35(23-27-41(57)64-48(4,5)6)31-39(56)38(30-33-21-24-36(51)25-22-33)54-46(62)63-32-34-18-14-13-15-19-34/h13-15,18-19,21-22,24-25,35,37-38,40H,16-17,20,23,26-32H2,1-12H3,(H,52,59)(H,54,62)(H2,53,55,61)/t35-,37+,38+,40+/m1/s1.